The first-order chi connectivity index (χ1) is 9.86. The van der Waals surface area contributed by atoms with Crippen molar-refractivity contribution < 1.29 is 8.42 Å². The number of hydrogen-bond acceptors (Lipinski definition) is 3. The number of sulfonamides is 1. The summed E-state index contributed by atoms with van der Waals surface area (Å²) in [7, 11) is -1.82. The summed E-state index contributed by atoms with van der Waals surface area (Å²) >= 11 is 3.37. The number of nitrogens with zero attached hydrogens (tertiary/aromatic N) is 1. The largest absolute Gasteiger partial charge is 0.310 e. The molecule has 2 rings (SSSR count). The van der Waals surface area contributed by atoms with E-state index in [-0.39, 0.29) is 6.04 Å². The minimum Gasteiger partial charge on any atom is -0.310 e. The van der Waals surface area contributed by atoms with Gasteiger partial charge in [-0.3, -0.25) is 0 Å². The summed E-state index contributed by atoms with van der Waals surface area (Å²) < 4.78 is 27.5. The van der Waals surface area contributed by atoms with Gasteiger partial charge in [-0.2, -0.15) is 4.31 Å². The Bertz CT molecular complexity index is 600. The van der Waals surface area contributed by atoms with E-state index < -0.39 is 10.0 Å². The molecule has 1 N–H and O–H groups in total. The van der Waals surface area contributed by atoms with Crippen LogP contribution in [0.5, 0.6) is 0 Å². The molecule has 21 heavy (non-hydrogen) atoms. The molecule has 0 radical (unpaired) electrons. The van der Waals surface area contributed by atoms with Crippen molar-refractivity contribution in [3.8, 4) is 0 Å². The fraction of sp³-hybridized carbons (Fsp3) is 0.600. The molecule has 1 atom stereocenters. The van der Waals surface area contributed by atoms with Gasteiger partial charge in [-0.1, -0.05) is 13.0 Å². The molecule has 0 heterocycles. The fourth-order valence-electron chi connectivity index (χ4n) is 2.05. The average molecular weight is 375 g/mol. The number of halogens is 1. The Morgan fingerprint density at radius 2 is 2.10 bits per heavy atom. The van der Waals surface area contributed by atoms with E-state index in [1.165, 1.54) is 17.1 Å². The van der Waals surface area contributed by atoms with Crippen LogP contribution >= 0.6 is 15.9 Å². The Balaban J connectivity index is 2.25. The van der Waals surface area contributed by atoms with Crippen molar-refractivity contribution in [2.75, 3.05) is 7.05 Å². The zero-order valence-electron chi connectivity index (χ0n) is 12.8. The molecule has 1 aromatic rings. The lowest BCUT2D eigenvalue weighted by molar-refractivity contribution is 0.380. The van der Waals surface area contributed by atoms with Crippen LogP contribution in [-0.2, 0) is 16.6 Å². The van der Waals surface area contributed by atoms with Gasteiger partial charge in [0.05, 0.1) is 4.90 Å². The van der Waals surface area contributed by atoms with Crippen LogP contribution in [-0.4, -0.2) is 31.9 Å². The van der Waals surface area contributed by atoms with Gasteiger partial charge in [0.25, 0.3) is 0 Å². The summed E-state index contributed by atoms with van der Waals surface area (Å²) in [6, 6.07) is 6.14. The Kier molecular flexibility index (Phi) is 5.46. The fourth-order valence-corrected chi connectivity index (χ4v) is 4.46. The summed E-state index contributed by atoms with van der Waals surface area (Å²) in [5, 5.41) is 3.41. The van der Waals surface area contributed by atoms with E-state index in [1.54, 1.807) is 13.1 Å². The monoisotopic (exact) mass is 374 g/mol. The van der Waals surface area contributed by atoms with Gasteiger partial charge in [0.15, 0.2) is 0 Å². The highest BCUT2D eigenvalue weighted by Crippen LogP contribution is 2.27. The summed E-state index contributed by atoms with van der Waals surface area (Å²) in [6.45, 7) is 4.62. The molecular formula is C15H23BrN2O2S. The van der Waals surface area contributed by atoms with Crippen molar-refractivity contribution in [3.63, 3.8) is 0 Å². The topological polar surface area (TPSA) is 49.4 Å². The highest BCUT2D eigenvalue weighted by molar-refractivity contribution is 9.10. The molecule has 1 aliphatic rings. The van der Waals surface area contributed by atoms with Crippen molar-refractivity contribution in [1.29, 1.82) is 0 Å². The summed E-state index contributed by atoms with van der Waals surface area (Å²) in [5.74, 6) is 0. The summed E-state index contributed by atoms with van der Waals surface area (Å²) in [6.07, 6.45) is 3.23. The maximum atomic E-state index is 12.7. The zero-order valence-corrected chi connectivity index (χ0v) is 15.2. The van der Waals surface area contributed by atoms with Crippen LogP contribution in [0.25, 0.3) is 0 Å². The first-order valence-corrected chi connectivity index (χ1v) is 9.59. The average Bonchev–Trinajstić information content (AvgIpc) is 3.28. The van der Waals surface area contributed by atoms with Crippen LogP contribution in [0.15, 0.2) is 27.6 Å². The van der Waals surface area contributed by atoms with E-state index in [0.29, 0.717) is 22.0 Å². The van der Waals surface area contributed by atoms with Gasteiger partial charge in [-0.25, -0.2) is 8.42 Å². The van der Waals surface area contributed by atoms with Gasteiger partial charge in [-0.05, 0) is 59.8 Å². The molecule has 4 nitrogen and oxygen atoms in total. The van der Waals surface area contributed by atoms with E-state index >= 15 is 0 Å². The summed E-state index contributed by atoms with van der Waals surface area (Å²) in [4.78, 5) is 0.348. The SMILES string of the molecule is CCC(C)N(C)S(=O)(=O)c1cc(CNC2CC2)ccc1Br. The van der Waals surface area contributed by atoms with Crippen LogP contribution in [0.1, 0.15) is 38.7 Å². The molecule has 0 bridgehead atoms. The molecule has 6 heteroatoms. The number of rotatable bonds is 7. The molecule has 0 amide bonds. The Labute approximate surface area is 136 Å². The molecule has 0 spiro atoms. The van der Waals surface area contributed by atoms with Gasteiger partial charge in [0.2, 0.25) is 10.0 Å². The van der Waals surface area contributed by atoms with Crippen molar-refractivity contribution in [1.82, 2.24) is 9.62 Å². The van der Waals surface area contributed by atoms with Gasteiger partial charge in [0, 0.05) is 30.1 Å². The molecule has 1 aromatic carbocycles. The van der Waals surface area contributed by atoms with Crippen LogP contribution < -0.4 is 5.32 Å². The normalized spacial score (nSPS) is 17.2. The first kappa shape index (κ1) is 16.9. The maximum absolute atomic E-state index is 12.7. The predicted octanol–water partition coefficient (Wildman–Crippen LogP) is 3.12. The predicted molar refractivity (Wildman–Crippen MR) is 88.7 cm³/mol. The molecule has 1 aliphatic carbocycles. The summed E-state index contributed by atoms with van der Waals surface area (Å²) in [5.41, 5.74) is 1.00. The minimum absolute atomic E-state index is 0.0184. The minimum atomic E-state index is -3.47. The number of benzene rings is 1. The molecule has 1 saturated carbocycles. The van der Waals surface area contributed by atoms with Crippen LogP contribution in [0.4, 0.5) is 0 Å². The third-order valence-corrected chi connectivity index (χ3v) is 7.00. The highest BCUT2D eigenvalue weighted by atomic mass is 79.9. The van der Waals surface area contributed by atoms with Gasteiger partial charge >= 0.3 is 0 Å². The van der Waals surface area contributed by atoms with Crippen molar-refractivity contribution in [2.24, 2.45) is 0 Å². The Morgan fingerprint density at radius 3 is 2.67 bits per heavy atom. The van der Waals surface area contributed by atoms with Crippen LogP contribution in [0.2, 0.25) is 0 Å². The molecular weight excluding hydrogens is 352 g/mol. The van der Waals surface area contributed by atoms with E-state index in [9.17, 15) is 8.42 Å². The maximum Gasteiger partial charge on any atom is 0.244 e. The Morgan fingerprint density at radius 1 is 1.43 bits per heavy atom. The zero-order chi connectivity index (χ0) is 15.6. The van der Waals surface area contributed by atoms with Crippen molar-refractivity contribution in [3.05, 3.63) is 28.2 Å². The molecule has 1 unspecified atom stereocenters. The Hall–Kier alpha value is -0.430. The number of hydrogen-bond donors (Lipinski definition) is 1. The van der Waals surface area contributed by atoms with E-state index in [1.807, 2.05) is 26.0 Å². The molecule has 0 aromatic heterocycles. The first-order valence-electron chi connectivity index (χ1n) is 7.36. The van der Waals surface area contributed by atoms with E-state index in [4.69, 9.17) is 0 Å². The number of nitrogens with one attached hydrogen (secondary N) is 1. The molecule has 0 aliphatic heterocycles. The molecule has 1 fully saturated rings. The van der Waals surface area contributed by atoms with Crippen LogP contribution in [0.3, 0.4) is 0 Å². The molecule has 118 valence electrons. The second-order valence-electron chi connectivity index (χ2n) is 5.70. The van der Waals surface area contributed by atoms with Gasteiger partial charge < -0.3 is 5.32 Å². The lowest BCUT2D eigenvalue weighted by atomic mass is 10.2. The lowest BCUT2D eigenvalue weighted by Crippen LogP contribution is -2.34. The van der Waals surface area contributed by atoms with Crippen LogP contribution in [0, 0.1) is 0 Å². The van der Waals surface area contributed by atoms with E-state index in [0.717, 1.165) is 12.0 Å². The standard InChI is InChI=1S/C15H23BrN2O2S/c1-4-11(2)18(3)21(19,20)15-9-12(5-8-14(15)16)10-17-13-6-7-13/h5,8-9,11,13,17H,4,6-7,10H2,1-3H3. The van der Waals surface area contributed by atoms with E-state index in [2.05, 4.69) is 21.2 Å². The molecule has 0 saturated heterocycles. The third kappa shape index (κ3) is 4.06. The second-order valence-corrected chi connectivity index (χ2v) is 8.52. The second kappa shape index (κ2) is 6.77. The lowest BCUT2D eigenvalue weighted by Gasteiger charge is -2.24. The van der Waals surface area contributed by atoms with Crippen molar-refractivity contribution >= 4 is 26.0 Å². The van der Waals surface area contributed by atoms with Crippen molar-refractivity contribution in [2.45, 2.75) is 56.6 Å². The quantitative estimate of drug-likeness (QED) is 0.797. The highest BCUT2D eigenvalue weighted by Gasteiger charge is 2.27. The smallest absolute Gasteiger partial charge is 0.244 e. The van der Waals surface area contributed by atoms with Gasteiger partial charge in [0.1, 0.15) is 0 Å². The third-order valence-electron chi connectivity index (χ3n) is 4.04. The van der Waals surface area contributed by atoms with Gasteiger partial charge in [-0.15, -0.1) is 0 Å².